The predicted octanol–water partition coefficient (Wildman–Crippen LogP) is 1.64. The SMILES string of the molecule is C#Cc1nc(C(=O)NCc2cccc(N)c2)cs1. The van der Waals surface area contributed by atoms with Gasteiger partial charge < -0.3 is 11.1 Å². The molecule has 0 fully saturated rings. The lowest BCUT2D eigenvalue weighted by Gasteiger charge is -2.04. The summed E-state index contributed by atoms with van der Waals surface area (Å²) < 4.78 is 0. The summed E-state index contributed by atoms with van der Waals surface area (Å²) >= 11 is 1.27. The van der Waals surface area contributed by atoms with Crippen molar-refractivity contribution in [1.29, 1.82) is 0 Å². The number of nitrogens with one attached hydrogen (secondary N) is 1. The Kier molecular flexibility index (Phi) is 3.60. The number of hydrogen-bond donors (Lipinski definition) is 2. The smallest absolute Gasteiger partial charge is 0.271 e. The highest BCUT2D eigenvalue weighted by atomic mass is 32.1. The molecular weight excluding hydrogens is 246 g/mol. The Labute approximate surface area is 109 Å². The summed E-state index contributed by atoms with van der Waals surface area (Å²) in [5, 5.41) is 4.91. The highest BCUT2D eigenvalue weighted by molar-refractivity contribution is 7.10. The lowest BCUT2D eigenvalue weighted by atomic mass is 10.2. The lowest BCUT2D eigenvalue weighted by Crippen LogP contribution is -2.23. The number of nitrogen functional groups attached to an aromatic ring is 1. The van der Waals surface area contributed by atoms with E-state index in [1.165, 1.54) is 11.3 Å². The second-order valence-electron chi connectivity index (χ2n) is 3.61. The number of benzene rings is 1. The van der Waals surface area contributed by atoms with Crippen LogP contribution in [0.25, 0.3) is 0 Å². The first-order chi connectivity index (χ1) is 8.69. The maximum absolute atomic E-state index is 11.8. The van der Waals surface area contributed by atoms with Crippen molar-refractivity contribution in [2.75, 3.05) is 5.73 Å². The fourth-order valence-electron chi connectivity index (χ4n) is 1.42. The van der Waals surface area contributed by atoms with Crippen LogP contribution in [0, 0.1) is 12.3 Å². The van der Waals surface area contributed by atoms with Crippen LogP contribution >= 0.6 is 11.3 Å². The molecule has 0 saturated carbocycles. The summed E-state index contributed by atoms with van der Waals surface area (Å²) in [6.07, 6.45) is 5.20. The fraction of sp³-hybridized carbons (Fsp3) is 0.0769. The number of hydrogen-bond acceptors (Lipinski definition) is 4. The van der Waals surface area contributed by atoms with E-state index in [-0.39, 0.29) is 5.91 Å². The molecule has 5 heteroatoms. The first-order valence-corrected chi connectivity index (χ1v) is 6.12. The maximum Gasteiger partial charge on any atom is 0.271 e. The first-order valence-electron chi connectivity index (χ1n) is 5.24. The topological polar surface area (TPSA) is 68.0 Å². The minimum absolute atomic E-state index is 0.241. The zero-order valence-electron chi connectivity index (χ0n) is 9.51. The Morgan fingerprint density at radius 3 is 3.06 bits per heavy atom. The zero-order valence-corrected chi connectivity index (χ0v) is 10.3. The molecule has 0 atom stereocenters. The van der Waals surface area contributed by atoms with Crippen molar-refractivity contribution in [2.24, 2.45) is 0 Å². The molecule has 0 radical (unpaired) electrons. The fourth-order valence-corrected chi connectivity index (χ4v) is 2.02. The third-order valence-corrected chi connectivity index (χ3v) is 3.04. The molecule has 0 aliphatic rings. The van der Waals surface area contributed by atoms with E-state index >= 15 is 0 Å². The zero-order chi connectivity index (χ0) is 13.0. The van der Waals surface area contributed by atoms with Crippen molar-refractivity contribution >= 4 is 22.9 Å². The van der Waals surface area contributed by atoms with Gasteiger partial charge in [-0.3, -0.25) is 4.79 Å². The third kappa shape index (κ3) is 2.87. The molecule has 18 heavy (non-hydrogen) atoms. The van der Waals surface area contributed by atoms with E-state index < -0.39 is 0 Å². The Bertz CT molecular complexity index is 613. The van der Waals surface area contributed by atoms with Crippen LogP contribution in [-0.2, 0) is 6.54 Å². The number of amides is 1. The molecule has 0 aliphatic carbocycles. The molecule has 2 aromatic rings. The van der Waals surface area contributed by atoms with Gasteiger partial charge in [-0.15, -0.1) is 17.8 Å². The molecule has 0 saturated heterocycles. The number of carbonyl (C=O) groups is 1. The molecule has 1 aromatic carbocycles. The van der Waals surface area contributed by atoms with Crippen molar-refractivity contribution in [2.45, 2.75) is 6.54 Å². The Balaban J connectivity index is 1.98. The van der Waals surface area contributed by atoms with Gasteiger partial charge in [0.05, 0.1) is 0 Å². The van der Waals surface area contributed by atoms with Gasteiger partial charge >= 0.3 is 0 Å². The van der Waals surface area contributed by atoms with Crippen LogP contribution in [0.3, 0.4) is 0 Å². The maximum atomic E-state index is 11.8. The molecular formula is C13H11N3OS. The standard InChI is InChI=1S/C13H11N3OS/c1-2-12-16-11(8-18-12)13(17)15-7-9-4-3-5-10(14)6-9/h1,3-6,8H,7,14H2,(H,15,17). The van der Waals surface area contributed by atoms with E-state index in [0.29, 0.717) is 22.9 Å². The molecule has 4 nitrogen and oxygen atoms in total. The molecule has 1 heterocycles. The van der Waals surface area contributed by atoms with E-state index in [0.717, 1.165) is 5.56 Å². The molecule has 1 amide bonds. The molecule has 0 unspecified atom stereocenters. The van der Waals surface area contributed by atoms with Gasteiger partial charge in [0.1, 0.15) is 5.69 Å². The summed E-state index contributed by atoms with van der Waals surface area (Å²) in [6.45, 7) is 0.410. The van der Waals surface area contributed by atoms with Crippen LogP contribution in [0.4, 0.5) is 5.69 Å². The van der Waals surface area contributed by atoms with Crippen LogP contribution in [-0.4, -0.2) is 10.9 Å². The van der Waals surface area contributed by atoms with Crippen molar-refractivity contribution in [3.05, 3.63) is 45.9 Å². The number of terminal acetylenes is 1. The van der Waals surface area contributed by atoms with Crippen molar-refractivity contribution in [3.8, 4) is 12.3 Å². The third-order valence-electron chi connectivity index (χ3n) is 2.26. The monoisotopic (exact) mass is 257 g/mol. The van der Waals surface area contributed by atoms with E-state index in [1.54, 1.807) is 11.4 Å². The minimum atomic E-state index is -0.241. The molecule has 0 spiro atoms. The van der Waals surface area contributed by atoms with E-state index in [2.05, 4.69) is 16.2 Å². The number of nitrogens with two attached hydrogens (primary N) is 1. The summed E-state index contributed by atoms with van der Waals surface area (Å²) in [7, 11) is 0. The Hall–Kier alpha value is -2.32. The normalized spacial score (nSPS) is 9.72. The van der Waals surface area contributed by atoms with Gasteiger partial charge in [0.2, 0.25) is 0 Å². The van der Waals surface area contributed by atoms with Gasteiger partial charge in [0.15, 0.2) is 5.01 Å². The average Bonchev–Trinajstić information content (AvgIpc) is 2.85. The molecule has 90 valence electrons. The highest BCUT2D eigenvalue weighted by Gasteiger charge is 2.09. The highest BCUT2D eigenvalue weighted by Crippen LogP contribution is 2.09. The van der Waals surface area contributed by atoms with Crippen LogP contribution in [0.5, 0.6) is 0 Å². The number of aromatic nitrogens is 1. The molecule has 3 N–H and O–H groups in total. The number of thiazole rings is 1. The van der Waals surface area contributed by atoms with E-state index in [9.17, 15) is 4.79 Å². The quantitative estimate of drug-likeness (QED) is 0.648. The van der Waals surface area contributed by atoms with Crippen molar-refractivity contribution in [1.82, 2.24) is 10.3 Å². The number of rotatable bonds is 3. The second-order valence-corrected chi connectivity index (χ2v) is 4.47. The molecule has 0 aliphatic heterocycles. The van der Waals surface area contributed by atoms with Crippen molar-refractivity contribution < 1.29 is 4.79 Å². The summed E-state index contributed by atoms with van der Waals surface area (Å²) in [5.74, 6) is 2.15. The lowest BCUT2D eigenvalue weighted by molar-refractivity contribution is 0.0946. The van der Waals surface area contributed by atoms with Crippen LogP contribution in [0.15, 0.2) is 29.6 Å². The van der Waals surface area contributed by atoms with Crippen LogP contribution in [0.2, 0.25) is 0 Å². The first kappa shape index (κ1) is 12.1. The molecule has 2 rings (SSSR count). The summed E-state index contributed by atoms with van der Waals surface area (Å²) in [6, 6.07) is 7.35. The Morgan fingerprint density at radius 2 is 2.39 bits per heavy atom. The van der Waals surface area contributed by atoms with Gasteiger partial charge in [0.25, 0.3) is 5.91 Å². The average molecular weight is 257 g/mol. The minimum Gasteiger partial charge on any atom is -0.399 e. The van der Waals surface area contributed by atoms with Gasteiger partial charge in [0, 0.05) is 17.6 Å². The van der Waals surface area contributed by atoms with Crippen molar-refractivity contribution in [3.63, 3.8) is 0 Å². The van der Waals surface area contributed by atoms with Crippen LogP contribution < -0.4 is 11.1 Å². The number of carbonyl (C=O) groups excluding carboxylic acids is 1. The van der Waals surface area contributed by atoms with Gasteiger partial charge in [-0.2, -0.15) is 0 Å². The number of nitrogens with zero attached hydrogens (tertiary/aromatic N) is 1. The van der Waals surface area contributed by atoms with Gasteiger partial charge in [-0.25, -0.2) is 4.98 Å². The van der Waals surface area contributed by atoms with Gasteiger partial charge in [-0.1, -0.05) is 12.1 Å². The largest absolute Gasteiger partial charge is 0.399 e. The van der Waals surface area contributed by atoms with E-state index in [1.807, 2.05) is 18.2 Å². The Morgan fingerprint density at radius 1 is 1.56 bits per heavy atom. The summed E-state index contributed by atoms with van der Waals surface area (Å²) in [4.78, 5) is 15.8. The van der Waals surface area contributed by atoms with Gasteiger partial charge in [-0.05, 0) is 23.6 Å². The summed E-state index contributed by atoms with van der Waals surface area (Å²) in [5.41, 5.74) is 7.61. The second kappa shape index (κ2) is 5.34. The molecule has 1 aromatic heterocycles. The molecule has 0 bridgehead atoms. The van der Waals surface area contributed by atoms with Crippen LogP contribution in [0.1, 0.15) is 21.1 Å². The predicted molar refractivity (Wildman–Crippen MR) is 72.1 cm³/mol. The van der Waals surface area contributed by atoms with E-state index in [4.69, 9.17) is 12.2 Å². The number of anilines is 1.